The lowest BCUT2D eigenvalue weighted by atomic mass is 9.90. The van der Waals surface area contributed by atoms with E-state index in [4.69, 9.17) is 0 Å². The molecule has 0 saturated carbocycles. The van der Waals surface area contributed by atoms with E-state index in [9.17, 15) is 14.4 Å². The molecular weight excluding hydrogens is 158 g/mol. The number of nitrogens with one attached hydrogen (secondary N) is 1. The maximum Gasteiger partial charge on any atom is 0.136 e. The third-order valence-electron chi connectivity index (χ3n) is 2.06. The molecule has 0 aromatic heterocycles. The molecule has 0 aliphatic carbocycles. The number of aldehydes is 3. The van der Waals surface area contributed by atoms with Crippen LogP contribution in [0.1, 0.15) is 12.8 Å². The van der Waals surface area contributed by atoms with E-state index in [1.807, 2.05) is 0 Å². The van der Waals surface area contributed by atoms with Crippen LogP contribution in [0.2, 0.25) is 0 Å². The number of carbonyl (C=O) groups is 3. The minimum absolute atomic E-state index is 0.156. The van der Waals surface area contributed by atoms with Gasteiger partial charge in [-0.15, -0.1) is 0 Å². The predicted octanol–water partition coefficient (Wildman–Crippen LogP) is -0.680. The first-order valence-corrected chi connectivity index (χ1v) is 3.92. The molecule has 0 spiro atoms. The van der Waals surface area contributed by atoms with Crippen LogP contribution in [0.3, 0.4) is 0 Å². The number of carbonyl (C=O) groups excluding carboxylic acids is 3. The van der Waals surface area contributed by atoms with Gasteiger partial charge in [-0.1, -0.05) is 0 Å². The highest BCUT2D eigenvalue weighted by Crippen LogP contribution is 2.16. The zero-order chi connectivity index (χ0) is 8.97. The maximum absolute atomic E-state index is 10.4. The molecule has 1 fully saturated rings. The van der Waals surface area contributed by atoms with Crippen molar-refractivity contribution in [3.8, 4) is 0 Å². The van der Waals surface area contributed by atoms with Crippen molar-refractivity contribution in [1.29, 1.82) is 0 Å². The summed E-state index contributed by atoms with van der Waals surface area (Å²) < 4.78 is 0. The summed E-state index contributed by atoms with van der Waals surface area (Å²) in [6.45, 7) is 0. The van der Waals surface area contributed by atoms with Crippen molar-refractivity contribution in [2.45, 2.75) is 24.9 Å². The van der Waals surface area contributed by atoms with E-state index in [0.29, 0.717) is 12.8 Å². The third-order valence-corrected chi connectivity index (χ3v) is 2.06. The second-order valence-corrected chi connectivity index (χ2v) is 3.02. The van der Waals surface area contributed by atoms with Gasteiger partial charge >= 0.3 is 0 Å². The highest BCUT2D eigenvalue weighted by atomic mass is 16.1. The van der Waals surface area contributed by atoms with Gasteiger partial charge in [-0.25, -0.2) is 0 Å². The molecule has 0 aromatic carbocycles. The fraction of sp³-hybridized carbons (Fsp3) is 0.625. The van der Waals surface area contributed by atoms with Crippen LogP contribution in [0.15, 0.2) is 0 Å². The summed E-state index contributed by atoms with van der Waals surface area (Å²) >= 11 is 0. The predicted molar refractivity (Wildman–Crippen MR) is 41.6 cm³/mol. The molecule has 0 aromatic rings. The van der Waals surface area contributed by atoms with Crippen LogP contribution in [0.4, 0.5) is 0 Å². The molecule has 12 heavy (non-hydrogen) atoms. The Morgan fingerprint density at radius 3 is 1.75 bits per heavy atom. The molecule has 2 atom stereocenters. The lowest BCUT2D eigenvalue weighted by Gasteiger charge is -2.27. The van der Waals surface area contributed by atoms with Crippen LogP contribution in [0.5, 0.6) is 0 Å². The summed E-state index contributed by atoms with van der Waals surface area (Å²) in [7, 11) is 0. The molecule has 0 radical (unpaired) electrons. The van der Waals surface area contributed by atoms with E-state index >= 15 is 0 Å². The number of hydrogen-bond donors (Lipinski definition) is 1. The Bertz CT molecular complexity index is 153. The zero-order valence-corrected chi connectivity index (χ0v) is 6.60. The van der Waals surface area contributed by atoms with Crippen LogP contribution in [-0.4, -0.2) is 30.9 Å². The van der Waals surface area contributed by atoms with Crippen molar-refractivity contribution in [1.82, 2.24) is 5.32 Å². The molecular formula is C8H11NO3. The summed E-state index contributed by atoms with van der Waals surface area (Å²) in [5.41, 5.74) is 0. The zero-order valence-electron chi connectivity index (χ0n) is 6.60. The lowest BCUT2D eigenvalue weighted by molar-refractivity contribution is -0.116. The van der Waals surface area contributed by atoms with E-state index < -0.39 is 0 Å². The van der Waals surface area contributed by atoms with Gasteiger partial charge in [0.15, 0.2) is 0 Å². The summed E-state index contributed by atoms with van der Waals surface area (Å²) in [5.74, 6) is -0.156. The van der Waals surface area contributed by atoms with Gasteiger partial charge in [0.1, 0.15) is 18.9 Å². The average Bonchev–Trinajstić information content (AvgIpc) is 2.16. The molecule has 4 heteroatoms. The molecule has 0 bridgehead atoms. The molecule has 1 saturated heterocycles. The van der Waals surface area contributed by atoms with Crippen molar-refractivity contribution >= 4 is 18.9 Å². The van der Waals surface area contributed by atoms with E-state index in [1.54, 1.807) is 0 Å². The Morgan fingerprint density at radius 2 is 1.42 bits per heavy atom. The van der Waals surface area contributed by atoms with Crippen molar-refractivity contribution in [2.24, 2.45) is 5.92 Å². The van der Waals surface area contributed by atoms with Gasteiger partial charge in [-0.3, -0.25) is 5.32 Å². The van der Waals surface area contributed by atoms with E-state index in [1.165, 1.54) is 0 Å². The summed E-state index contributed by atoms with van der Waals surface area (Å²) in [4.78, 5) is 31.2. The molecule has 0 amide bonds. The van der Waals surface area contributed by atoms with Crippen molar-refractivity contribution < 1.29 is 14.4 Å². The van der Waals surface area contributed by atoms with Gasteiger partial charge in [0.25, 0.3) is 0 Å². The Hall–Kier alpha value is -1.03. The Balaban J connectivity index is 2.57. The Morgan fingerprint density at radius 1 is 0.917 bits per heavy atom. The minimum Gasteiger partial charge on any atom is -0.303 e. The highest BCUT2D eigenvalue weighted by Gasteiger charge is 2.26. The Labute approximate surface area is 70.3 Å². The number of rotatable bonds is 3. The van der Waals surface area contributed by atoms with Crippen molar-refractivity contribution in [3.05, 3.63) is 0 Å². The molecule has 1 rings (SSSR count). The standard InChI is InChI=1S/C8H11NO3/c10-3-6-1-7(4-11)9-8(2-6)5-12/h3-9H,1-2H2. The van der Waals surface area contributed by atoms with Crippen LogP contribution in [-0.2, 0) is 14.4 Å². The molecule has 1 aliphatic rings. The van der Waals surface area contributed by atoms with Gasteiger partial charge in [0.05, 0.1) is 12.1 Å². The fourth-order valence-corrected chi connectivity index (χ4v) is 1.46. The quantitative estimate of drug-likeness (QED) is 0.568. The van der Waals surface area contributed by atoms with Gasteiger partial charge in [-0.05, 0) is 12.8 Å². The molecule has 4 nitrogen and oxygen atoms in total. The third kappa shape index (κ3) is 1.98. The van der Waals surface area contributed by atoms with Crippen LogP contribution >= 0.6 is 0 Å². The minimum atomic E-state index is -0.343. The molecule has 1 heterocycles. The smallest absolute Gasteiger partial charge is 0.136 e. The molecule has 1 aliphatic heterocycles. The molecule has 66 valence electrons. The largest absolute Gasteiger partial charge is 0.303 e. The normalized spacial score (nSPS) is 35.5. The van der Waals surface area contributed by atoms with Crippen molar-refractivity contribution in [2.75, 3.05) is 0 Å². The second kappa shape index (κ2) is 4.11. The summed E-state index contributed by atoms with van der Waals surface area (Å²) in [6, 6.07) is -0.687. The Kier molecular flexibility index (Phi) is 3.10. The van der Waals surface area contributed by atoms with Gasteiger partial charge in [-0.2, -0.15) is 0 Å². The van der Waals surface area contributed by atoms with Gasteiger partial charge in [0, 0.05) is 5.92 Å². The first kappa shape index (κ1) is 9.06. The van der Waals surface area contributed by atoms with E-state index in [0.717, 1.165) is 18.9 Å². The summed E-state index contributed by atoms with van der Waals surface area (Å²) in [6.07, 6.45) is 3.32. The topological polar surface area (TPSA) is 63.2 Å². The van der Waals surface area contributed by atoms with Crippen LogP contribution in [0, 0.1) is 5.92 Å². The maximum atomic E-state index is 10.4. The SMILES string of the molecule is O=CC1CC(C=O)NC(C=O)C1. The van der Waals surface area contributed by atoms with E-state index in [2.05, 4.69) is 5.32 Å². The molecule has 1 N–H and O–H groups in total. The number of piperidine rings is 1. The average molecular weight is 169 g/mol. The van der Waals surface area contributed by atoms with Gasteiger partial charge in [0.2, 0.25) is 0 Å². The summed E-state index contributed by atoms with van der Waals surface area (Å²) in [5, 5.41) is 2.82. The van der Waals surface area contributed by atoms with E-state index in [-0.39, 0.29) is 18.0 Å². The van der Waals surface area contributed by atoms with Crippen LogP contribution in [0.25, 0.3) is 0 Å². The van der Waals surface area contributed by atoms with Gasteiger partial charge < -0.3 is 14.4 Å². The monoisotopic (exact) mass is 169 g/mol. The lowest BCUT2D eigenvalue weighted by Crippen LogP contribution is -2.47. The fourth-order valence-electron chi connectivity index (χ4n) is 1.46. The first-order chi connectivity index (χ1) is 5.80. The number of hydrogen-bond acceptors (Lipinski definition) is 4. The van der Waals surface area contributed by atoms with Crippen molar-refractivity contribution in [3.63, 3.8) is 0 Å². The molecule has 2 unspecified atom stereocenters. The second-order valence-electron chi connectivity index (χ2n) is 3.02. The highest BCUT2D eigenvalue weighted by molar-refractivity contribution is 5.66. The van der Waals surface area contributed by atoms with Crippen LogP contribution < -0.4 is 5.32 Å². The first-order valence-electron chi connectivity index (χ1n) is 3.92.